The Bertz CT molecular complexity index is 199. The molecule has 0 aromatic heterocycles. The molecule has 2 fully saturated rings. The Balaban J connectivity index is 2.10. The van der Waals surface area contributed by atoms with Crippen molar-refractivity contribution in [1.29, 1.82) is 0 Å². The van der Waals surface area contributed by atoms with E-state index in [1.807, 2.05) is 0 Å². The fraction of sp³-hybridized carbons (Fsp3) is 1.00. The molecule has 16 heavy (non-hydrogen) atoms. The first kappa shape index (κ1) is 12.8. The molecule has 2 aliphatic rings. The van der Waals surface area contributed by atoms with E-state index in [1.165, 1.54) is 51.4 Å². The van der Waals surface area contributed by atoms with Crippen molar-refractivity contribution in [3.8, 4) is 0 Å². The van der Waals surface area contributed by atoms with Gasteiger partial charge in [0, 0.05) is 9.47 Å². The Hall–Kier alpha value is 0.390. The van der Waals surface area contributed by atoms with Crippen LogP contribution in [0.3, 0.4) is 0 Å². The van der Waals surface area contributed by atoms with Crippen LogP contribution in [-0.4, -0.2) is 5.60 Å². The van der Waals surface area contributed by atoms with Gasteiger partial charge in [-0.3, -0.25) is 0 Å². The number of hydrogen-bond acceptors (Lipinski definition) is 1. The van der Waals surface area contributed by atoms with Crippen molar-refractivity contribution in [3.63, 3.8) is 0 Å². The topological polar surface area (TPSA) is 9.23 Å². The summed E-state index contributed by atoms with van der Waals surface area (Å²) in [4.78, 5) is 0. The van der Waals surface area contributed by atoms with Gasteiger partial charge in [-0.25, -0.2) is 0 Å². The fourth-order valence-electron chi connectivity index (χ4n) is 4.23. The summed E-state index contributed by atoms with van der Waals surface area (Å²) in [7, 11) is 2.51. The van der Waals surface area contributed by atoms with Gasteiger partial charge in [0.15, 0.2) is 0 Å². The lowest BCUT2D eigenvalue weighted by molar-refractivity contribution is -0.00297. The number of rotatable bonds is 4. The number of hydrogen-bond donors (Lipinski definition) is 0. The van der Waals surface area contributed by atoms with Crippen molar-refractivity contribution >= 4 is 9.47 Å². The van der Waals surface area contributed by atoms with Crippen LogP contribution in [0.4, 0.5) is 0 Å². The molecule has 0 aromatic carbocycles. The normalized spacial score (nSPS) is 24.8. The Labute approximate surface area is 103 Å². The summed E-state index contributed by atoms with van der Waals surface area (Å²) in [5.74, 6) is 2.65. The molecule has 2 aliphatic carbocycles. The Morgan fingerprint density at radius 1 is 0.938 bits per heavy atom. The van der Waals surface area contributed by atoms with Crippen LogP contribution in [0.5, 0.6) is 0 Å². The molecule has 1 atom stereocenters. The lowest BCUT2D eigenvalue weighted by atomic mass is 9.70. The highest BCUT2D eigenvalue weighted by atomic mass is 31.0. The summed E-state index contributed by atoms with van der Waals surface area (Å²) in [6.07, 6.45) is 11.6. The van der Waals surface area contributed by atoms with Gasteiger partial charge in [0.2, 0.25) is 0 Å². The van der Waals surface area contributed by atoms with E-state index >= 15 is 0 Å². The third-order valence-corrected chi connectivity index (χ3v) is 5.53. The molecule has 0 aromatic rings. The van der Waals surface area contributed by atoms with E-state index in [-0.39, 0.29) is 5.60 Å². The average molecular weight is 242 g/mol. The molecule has 2 saturated carbocycles. The van der Waals surface area contributed by atoms with Crippen molar-refractivity contribution in [1.82, 2.24) is 0 Å². The summed E-state index contributed by atoms with van der Waals surface area (Å²) in [6.45, 7) is 4.59. The van der Waals surface area contributed by atoms with Gasteiger partial charge >= 0.3 is 0 Å². The van der Waals surface area contributed by atoms with Gasteiger partial charge in [0.1, 0.15) is 0 Å². The second-order valence-corrected chi connectivity index (χ2v) is 6.57. The molecule has 0 aliphatic heterocycles. The summed E-state index contributed by atoms with van der Waals surface area (Å²) in [6, 6.07) is 0. The molecule has 2 rings (SSSR count). The standard InChI is InChI=1S/C14H27OP/c1-14(2,15-16)13(11-7-3-4-8-11)12-9-5-6-10-12/h11-13H,3-10,16H2,1-2H3. The van der Waals surface area contributed by atoms with Gasteiger partial charge in [-0.2, -0.15) is 0 Å². The molecular formula is C14H27OP. The Morgan fingerprint density at radius 3 is 1.62 bits per heavy atom. The maximum Gasteiger partial charge on any atom is 0.0695 e. The van der Waals surface area contributed by atoms with Crippen LogP contribution in [0.2, 0.25) is 0 Å². The zero-order valence-corrected chi connectivity index (χ0v) is 12.0. The van der Waals surface area contributed by atoms with Crippen molar-refractivity contribution < 1.29 is 4.52 Å². The summed E-state index contributed by atoms with van der Waals surface area (Å²) >= 11 is 0. The molecule has 2 heteroatoms. The van der Waals surface area contributed by atoms with Crippen LogP contribution in [0, 0.1) is 17.8 Å². The lowest BCUT2D eigenvalue weighted by Gasteiger charge is -2.41. The van der Waals surface area contributed by atoms with Crippen molar-refractivity contribution in [2.45, 2.75) is 70.8 Å². The minimum Gasteiger partial charge on any atom is -0.360 e. The lowest BCUT2D eigenvalue weighted by Crippen LogP contribution is -2.40. The van der Waals surface area contributed by atoms with Crippen LogP contribution in [-0.2, 0) is 4.52 Å². The van der Waals surface area contributed by atoms with Crippen molar-refractivity contribution in [3.05, 3.63) is 0 Å². The first-order chi connectivity index (χ1) is 7.65. The predicted octanol–water partition coefficient (Wildman–Crippen LogP) is 4.57. The molecule has 1 nitrogen and oxygen atoms in total. The third-order valence-electron chi connectivity index (χ3n) is 4.92. The van der Waals surface area contributed by atoms with Crippen molar-refractivity contribution in [2.24, 2.45) is 17.8 Å². The Morgan fingerprint density at radius 2 is 1.31 bits per heavy atom. The fourth-order valence-corrected chi connectivity index (χ4v) is 4.39. The van der Waals surface area contributed by atoms with Gasteiger partial charge in [0.05, 0.1) is 5.60 Å². The molecule has 0 bridgehead atoms. The molecule has 0 spiro atoms. The highest BCUT2D eigenvalue weighted by molar-refractivity contribution is 7.09. The molecule has 94 valence electrons. The molecule has 0 saturated heterocycles. The second-order valence-electron chi connectivity index (χ2n) is 6.34. The van der Waals surface area contributed by atoms with Crippen LogP contribution >= 0.6 is 9.47 Å². The molecular weight excluding hydrogens is 215 g/mol. The highest BCUT2D eigenvalue weighted by Gasteiger charge is 2.42. The van der Waals surface area contributed by atoms with Crippen LogP contribution < -0.4 is 0 Å². The smallest absolute Gasteiger partial charge is 0.0695 e. The van der Waals surface area contributed by atoms with Gasteiger partial charge in [-0.15, -0.1) is 0 Å². The largest absolute Gasteiger partial charge is 0.360 e. The molecule has 1 unspecified atom stereocenters. The van der Waals surface area contributed by atoms with E-state index in [1.54, 1.807) is 0 Å². The molecule has 0 N–H and O–H groups in total. The maximum absolute atomic E-state index is 5.74. The maximum atomic E-state index is 5.74. The third kappa shape index (κ3) is 2.62. The van der Waals surface area contributed by atoms with Gasteiger partial charge in [-0.05, 0) is 31.6 Å². The van der Waals surface area contributed by atoms with E-state index in [0.29, 0.717) is 0 Å². The van der Waals surface area contributed by atoms with Crippen LogP contribution in [0.1, 0.15) is 65.2 Å². The zero-order valence-electron chi connectivity index (χ0n) is 10.9. The second kappa shape index (κ2) is 5.36. The summed E-state index contributed by atoms with van der Waals surface area (Å²) in [5.41, 5.74) is 0.0503. The zero-order chi connectivity index (χ0) is 11.6. The minimum absolute atomic E-state index is 0.0503. The minimum atomic E-state index is 0.0503. The monoisotopic (exact) mass is 242 g/mol. The quantitative estimate of drug-likeness (QED) is 0.656. The first-order valence-corrected chi connectivity index (χ1v) is 7.50. The van der Waals surface area contributed by atoms with E-state index < -0.39 is 0 Å². The Kier molecular flexibility index (Phi) is 4.30. The van der Waals surface area contributed by atoms with Crippen molar-refractivity contribution in [2.75, 3.05) is 0 Å². The van der Waals surface area contributed by atoms with E-state index in [9.17, 15) is 0 Å². The first-order valence-electron chi connectivity index (χ1n) is 7.03. The molecule has 0 radical (unpaired) electrons. The SMILES string of the molecule is CC(C)(OP)C(C1CCCC1)C1CCCC1. The summed E-state index contributed by atoms with van der Waals surface area (Å²) < 4.78 is 5.74. The summed E-state index contributed by atoms with van der Waals surface area (Å²) in [5, 5.41) is 0. The van der Waals surface area contributed by atoms with Crippen LogP contribution in [0.25, 0.3) is 0 Å². The van der Waals surface area contributed by atoms with E-state index in [2.05, 4.69) is 23.3 Å². The molecule has 0 amide bonds. The molecule has 0 heterocycles. The average Bonchev–Trinajstić information content (AvgIpc) is 2.90. The van der Waals surface area contributed by atoms with Crippen LogP contribution in [0.15, 0.2) is 0 Å². The van der Waals surface area contributed by atoms with E-state index in [0.717, 1.165) is 17.8 Å². The van der Waals surface area contributed by atoms with E-state index in [4.69, 9.17) is 4.52 Å². The predicted molar refractivity (Wildman–Crippen MR) is 72.3 cm³/mol. The van der Waals surface area contributed by atoms with Gasteiger partial charge in [0.25, 0.3) is 0 Å². The van der Waals surface area contributed by atoms with Gasteiger partial charge < -0.3 is 4.52 Å². The van der Waals surface area contributed by atoms with Gasteiger partial charge in [-0.1, -0.05) is 51.4 Å². The highest BCUT2D eigenvalue weighted by Crippen LogP contribution is 2.48.